The standard InChI is InChI=1S/C15H21NO5/c1-11(17)13-4-3-12(19-2)9-14(13)21-10-15(18)16-5-7-20-8-6-16/h3-4,9,11,17H,5-8,10H2,1-2H3. The second-order valence-corrected chi connectivity index (χ2v) is 4.86. The number of ether oxygens (including phenoxy) is 3. The smallest absolute Gasteiger partial charge is 0.260 e. The molecule has 1 fully saturated rings. The van der Waals surface area contributed by atoms with Crippen molar-refractivity contribution in [2.75, 3.05) is 40.0 Å². The first kappa shape index (κ1) is 15.6. The highest BCUT2D eigenvalue weighted by atomic mass is 16.5. The van der Waals surface area contributed by atoms with Gasteiger partial charge in [-0.05, 0) is 19.1 Å². The molecule has 0 aromatic heterocycles. The van der Waals surface area contributed by atoms with Crippen LogP contribution >= 0.6 is 0 Å². The van der Waals surface area contributed by atoms with Gasteiger partial charge in [0, 0.05) is 24.7 Å². The predicted octanol–water partition coefficient (Wildman–Crippen LogP) is 0.986. The maximum absolute atomic E-state index is 12.1. The van der Waals surface area contributed by atoms with E-state index in [0.29, 0.717) is 43.4 Å². The quantitative estimate of drug-likeness (QED) is 0.877. The van der Waals surface area contributed by atoms with Crippen molar-refractivity contribution in [1.29, 1.82) is 0 Å². The van der Waals surface area contributed by atoms with E-state index in [-0.39, 0.29) is 12.5 Å². The zero-order chi connectivity index (χ0) is 15.2. The topological polar surface area (TPSA) is 68.2 Å². The Balaban J connectivity index is 2.02. The molecule has 1 aromatic carbocycles. The van der Waals surface area contributed by atoms with Gasteiger partial charge in [0.15, 0.2) is 6.61 Å². The second-order valence-electron chi connectivity index (χ2n) is 4.86. The van der Waals surface area contributed by atoms with Crippen molar-refractivity contribution in [3.8, 4) is 11.5 Å². The number of amides is 1. The molecule has 6 nitrogen and oxygen atoms in total. The molecule has 0 aliphatic carbocycles. The van der Waals surface area contributed by atoms with Crippen LogP contribution in [0.1, 0.15) is 18.6 Å². The Kier molecular flexibility index (Phi) is 5.41. The van der Waals surface area contributed by atoms with E-state index in [1.807, 2.05) is 0 Å². The van der Waals surface area contributed by atoms with E-state index in [2.05, 4.69) is 0 Å². The monoisotopic (exact) mass is 295 g/mol. The molecule has 0 saturated carbocycles. The lowest BCUT2D eigenvalue weighted by molar-refractivity contribution is -0.137. The van der Waals surface area contributed by atoms with Gasteiger partial charge in [-0.25, -0.2) is 0 Å². The summed E-state index contributed by atoms with van der Waals surface area (Å²) in [6, 6.07) is 5.16. The lowest BCUT2D eigenvalue weighted by Gasteiger charge is -2.27. The molecule has 2 rings (SSSR count). The SMILES string of the molecule is COc1ccc(C(C)O)c(OCC(=O)N2CCOCC2)c1. The molecule has 1 heterocycles. The van der Waals surface area contributed by atoms with Crippen LogP contribution in [0.5, 0.6) is 11.5 Å². The minimum Gasteiger partial charge on any atom is -0.497 e. The minimum atomic E-state index is -0.676. The molecule has 6 heteroatoms. The molecule has 1 unspecified atom stereocenters. The number of carbonyl (C=O) groups is 1. The highest BCUT2D eigenvalue weighted by molar-refractivity contribution is 5.77. The van der Waals surface area contributed by atoms with Gasteiger partial charge in [-0.15, -0.1) is 0 Å². The molecule has 1 atom stereocenters. The Labute approximate surface area is 124 Å². The third-order valence-electron chi connectivity index (χ3n) is 3.39. The Morgan fingerprint density at radius 2 is 2.14 bits per heavy atom. The second kappa shape index (κ2) is 7.28. The van der Waals surface area contributed by atoms with Crippen LogP contribution < -0.4 is 9.47 Å². The van der Waals surface area contributed by atoms with Crippen LogP contribution in [0.3, 0.4) is 0 Å². The van der Waals surface area contributed by atoms with Crippen LogP contribution in [0.15, 0.2) is 18.2 Å². The minimum absolute atomic E-state index is 0.0626. The van der Waals surface area contributed by atoms with E-state index in [9.17, 15) is 9.90 Å². The molecule has 0 spiro atoms. The molecule has 116 valence electrons. The molecule has 0 radical (unpaired) electrons. The lowest BCUT2D eigenvalue weighted by atomic mass is 10.1. The first-order valence-corrected chi connectivity index (χ1v) is 6.96. The van der Waals surface area contributed by atoms with Gasteiger partial charge < -0.3 is 24.2 Å². The van der Waals surface area contributed by atoms with Crippen molar-refractivity contribution in [2.45, 2.75) is 13.0 Å². The van der Waals surface area contributed by atoms with Crippen LogP contribution in [0.2, 0.25) is 0 Å². The van der Waals surface area contributed by atoms with E-state index in [1.165, 1.54) is 0 Å². The van der Waals surface area contributed by atoms with Crippen molar-refractivity contribution < 1.29 is 24.1 Å². The maximum Gasteiger partial charge on any atom is 0.260 e. The van der Waals surface area contributed by atoms with Crippen LogP contribution in [-0.2, 0) is 9.53 Å². The largest absolute Gasteiger partial charge is 0.497 e. The summed E-state index contributed by atoms with van der Waals surface area (Å²) in [5.74, 6) is 0.997. The van der Waals surface area contributed by atoms with Gasteiger partial charge >= 0.3 is 0 Å². The normalized spacial score (nSPS) is 16.4. The molecule has 1 N–H and O–H groups in total. The summed E-state index contributed by atoms with van der Waals surface area (Å²) in [4.78, 5) is 13.8. The third kappa shape index (κ3) is 4.09. The van der Waals surface area contributed by atoms with Crippen molar-refractivity contribution in [1.82, 2.24) is 4.90 Å². The van der Waals surface area contributed by atoms with E-state index >= 15 is 0 Å². The van der Waals surface area contributed by atoms with Gasteiger partial charge in [-0.1, -0.05) is 0 Å². The van der Waals surface area contributed by atoms with Gasteiger partial charge in [0.1, 0.15) is 11.5 Å². The van der Waals surface area contributed by atoms with Crippen LogP contribution in [0.25, 0.3) is 0 Å². The molecule has 0 bridgehead atoms. The molecule has 1 aliphatic heterocycles. The van der Waals surface area contributed by atoms with Crippen molar-refractivity contribution in [3.63, 3.8) is 0 Å². The predicted molar refractivity (Wildman–Crippen MR) is 76.5 cm³/mol. The third-order valence-corrected chi connectivity index (χ3v) is 3.39. The summed E-state index contributed by atoms with van der Waals surface area (Å²) < 4.78 is 15.9. The van der Waals surface area contributed by atoms with E-state index in [1.54, 1.807) is 37.1 Å². The number of methoxy groups -OCH3 is 1. The van der Waals surface area contributed by atoms with Gasteiger partial charge in [0.05, 0.1) is 26.4 Å². The number of carbonyl (C=O) groups excluding carboxylic acids is 1. The van der Waals surface area contributed by atoms with Crippen molar-refractivity contribution in [3.05, 3.63) is 23.8 Å². The summed E-state index contributed by atoms with van der Waals surface area (Å²) >= 11 is 0. The van der Waals surface area contributed by atoms with Gasteiger partial charge in [0.25, 0.3) is 5.91 Å². The molecule has 1 amide bonds. The zero-order valence-corrected chi connectivity index (χ0v) is 12.4. The van der Waals surface area contributed by atoms with Crippen molar-refractivity contribution in [2.24, 2.45) is 0 Å². The Hall–Kier alpha value is -1.79. The molecule has 1 aliphatic rings. The van der Waals surface area contributed by atoms with Crippen LogP contribution in [-0.4, -0.2) is 55.9 Å². The van der Waals surface area contributed by atoms with E-state index in [4.69, 9.17) is 14.2 Å². The summed E-state index contributed by atoms with van der Waals surface area (Å²) in [6.45, 7) is 3.88. The first-order chi connectivity index (χ1) is 10.1. The summed E-state index contributed by atoms with van der Waals surface area (Å²) in [5.41, 5.74) is 0.630. The van der Waals surface area contributed by atoms with E-state index in [0.717, 1.165) is 0 Å². The number of hydrogen-bond donors (Lipinski definition) is 1. The van der Waals surface area contributed by atoms with E-state index < -0.39 is 6.10 Å². The first-order valence-electron chi connectivity index (χ1n) is 6.96. The Bertz CT molecular complexity index is 483. The number of rotatable bonds is 5. The average molecular weight is 295 g/mol. The fourth-order valence-corrected chi connectivity index (χ4v) is 2.16. The number of aliphatic hydroxyl groups excluding tert-OH is 1. The average Bonchev–Trinajstić information content (AvgIpc) is 2.52. The van der Waals surface area contributed by atoms with Crippen LogP contribution in [0.4, 0.5) is 0 Å². The fraction of sp³-hybridized carbons (Fsp3) is 0.533. The van der Waals surface area contributed by atoms with Crippen molar-refractivity contribution >= 4 is 5.91 Å². The van der Waals surface area contributed by atoms with Gasteiger partial charge in [0.2, 0.25) is 0 Å². The van der Waals surface area contributed by atoms with Gasteiger partial charge in [-0.2, -0.15) is 0 Å². The summed E-state index contributed by atoms with van der Waals surface area (Å²) in [6.07, 6.45) is -0.676. The number of morpholine rings is 1. The molecular formula is C15H21NO5. The Morgan fingerprint density at radius 3 is 2.76 bits per heavy atom. The number of benzene rings is 1. The molecule has 1 aromatic rings. The summed E-state index contributed by atoms with van der Waals surface area (Å²) in [5, 5.41) is 9.75. The zero-order valence-electron chi connectivity index (χ0n) is 12.4. The molecular weight excluding hydrogens is 274 g/mol. The van der Waals surface area contributed by atoms with Gasteiger partial charge in [-0.3, -0.25) is 4.79 Å². The highest BCUT2D eigenvalue weighted by Crippen LogP contribution is 2.29. The number of nitrogens with zero attached hydrogens (tertiary/aromatic N) is 1. The highest BCUT2D eigenvalue weighted by Gasteiger charge is 2.18. The maximum atomic E-state index is 12.1. The molecule has 21 heavy (non-hydrogen) atoms. The molecule has 1 saturated heterocycles. The number of hydrogen-bond acceptors (Lipinski definition) is 5. The fourth-order valence-electron chi connectivity index (χ4n) is 2.16. The van der Waals surface area contributed by atoms with Crippen LogP contribution in [0, 0.1) is 0 Å². The number of aliphatic hydroxyl groups is 1. The lowest BCUT2D eigenvalue weighted by Crippen LogP contribution is -2.43. The summed E-state index contributed by atoms with van der Waals surface area (Å²) in [7, 11) is 1.56. The Morgan fingerprint density at radius 1 is 1.43 bits per heavy atom.